The maximum absolute atomic E-state index is 13.5. The topological polar surface area (TPSA) is 134 Å². The maximum atomic E-state index is 13.5. The van der Waals surface area contributed by atoms with Crippen molar-refractivity contribution in [1.82, 2.24) is 9.80 Å². The lowest BCUT2D eigenvalue weighted by atomic mass is 9.55. The monoisotopic (exact) mass is 658 g/mol. The highest BCUT2D eigenvalue weighted by molar-refractivity contribution is 5.99. The maximum Gasteiger partial charge on any atom is 0.308 e. The first-order chi connectivity index (χ1) is 22.9. The molecule has 0 aromatic heterocycles. The molecule has 48 heavy (non-hydrogen) atoms. The number of ether oxygens (including phenoxy) is 2. The van der Waals surface area contributed by atoms with Crippen LogP contribution in [0.4, 0.5) is 8.78 Å². The van der Waals surface area contributed by atoms with Gasteiger partial charge in [-0.3, -0.25) is 19.2 Å². The van der Waals surface area contributed by atoms with Crippen LogP contribution in [0, 0.1) is 35.3 Å². The number of rotatable bonds is 12. The Morgan fingerprint density at radius 3 is 1.06 bits per heavy atom. The molecule has 1 fully saturated rings. The lowest BCUT2D eigenvalue weighted by molar-refractivity contribution is -0.186. The molecule has 4 aromatic rings. The Balaban J connectivity index is 1.22. The van der Waals surface area contributed by atoms with Crippen LogP contribution in [0.5, 0.6) is 23.0 Å². The van der Waals surface area contributed by atoms with Crippen LogP contribution in [0.1, 0.15) is 11.1 Å². The summed E-state index contributed by atoms with van der Waals surface area (Å²) in [4.78, 5) is 54.2. The first-order valence-corrected chi connectivity index (χ1v) is 14.9. The Morgan fingerprint density at radius 1 is 0.521 bits per heavy atom. The summed E-state index contributed by atoms with van der Waals surface area (Å²) in [5.74, 6) is -9.23. The molecule has 0 atom stereocenters. The second-order valence-corrected chi connectivity index (χ2v) is 11.6. The van der Waals surface area contributed by atoms with Gasteiger partial charge in [-0.05, 0) is 83.9 Å². The smallest absolute Gasteiger partial charge is 0.308 e. The molecule has 12 heteroatoms. The van der Waals surface area contributed by atoms with Crippen LogP contribution >= 0.6 is 0 Å². The zero-order chi connectivity index (χ0) is 34.5. The second-order valence-electron chi connectivity index (χ2n) is 11.6. The van der Waals surface area contributed by atoms with Crippen molar-refractivity contribution in [3.05, 3.63) is 120 Å². The van der Waals surface area contributed by atoms with Crippen molar-refractivity contribution in [3.63, 3.8) is 0 Å². The highest BCUT2D eigenvalue weighted by Gasteiger charge is 2.64. The van der Waals surface area contributed by atoms with Gasteiger partial charge in [-0.15, -0.1) is 0 Å². The minimum Gasteiger partial charge on any atom is -0.481 e. The minimum absolute atomic E-state index is 0.0459. The van der Waals surface area contributed by atoms with Crippen LogP contribution in [0.2, 0.25) is 0 Å². The van der Waals surface area contributed by atoms with Crippen molar-refractivity contribution in [2.75, 3.05) is 14.1 Å². The van der Waals surface area contributed by atoms with Gasteiger partial charge in [-0.1, -0.05) is 24.3 Å². The molecule has 0 aliphatic heterocycles. The number of amides is 2. The fourth-order valence-electron chi connectivity index (χ4n) is 5.79. The molecule has 5 rings (SSSR count). The normalized spacial score (nSPS) is 18.2. The van der Waals surface area contributed by atoms with Crippen molar-refractivity contribution in [1.29, 1.82) is 0 Å². The summed E-state index contributed by atoms with van der Waals surface area (Å²) in [7, 11) is 2.88. The van der Waals surface area contributed by atoms with Crippen LogP contribution in [-0.2, 0) is 32.3 Å². The highest BCUT2D eigenvalue weighted by atomic mass is 19.1. The Labute approximate surface area is 274 Å². The summed E-state index contributed by atoms with van der Waals surface area (Å²) in [6, 6.07) is 24.3. The summed E-state index contributed by atoms with van der Waals surface area (Å²) in [5.41, 5.74) is 1.33. The largest absolute Gasteiger partial charge is 0.481 e. The van der Waals surface area contributed by atoms with Gasteiger partial charge in [0.25, 0.3) is 0 Å². The minimum atomic E-state index is -1.53. The van der Waals surface area contributed by atoms with Crippen molar-refractivity contribution in [2.24, 2.45) is 23.7 Å². The van der Waals surface area contributed by atoms with Gasteiger partial charge in [0.15, 0.2) is 0 Å². The third-order valence-corrected chi connectivity index (χ3v) is 8.23. The standard InChI is InChI=1S/C36H32F2N2O8/c1-39(19-21-3-11-25(12-4-21)47-27-15-7-23(37)8-16-27)33(41)29-31(35(43)44)30(32(29)36(45)46)34(42)40(2)20-22-5-13-26(14-6-22)48-28-17-9-24(38)10-18-28/h3-18,29-32H,19-20H2,1-2H3,(H,43,44)(H,45,46)/t29-,30-,31-,32-. The van der Waals surface area contributed by atoms with E-state index in [4.69, 9.17) is 9.47 Å². The summed E-state index contributed by atoms with van der Waals surface area (Å²) >= 11 is 0. The molecule has 248 valence electrons. The van der Waals surface area contributed by atoms with Gasteiger partial charge in [0, 0.05) is 27.2 Å². The van der Waals surface area contributed by atoms with E-state index in [9.17, 15) is 38.2 Å². The number of halogens is 2. The number of carbonyl (C=O) groups excluding carboxylic acids is 2. The summed E-state index contributed by atoms with van der Waals surface area (Å²) in [6.07, 6.45) is 0. The Hall–Kier alpha value is -5.78. The number of hydrogen-bond donors (Lipinski definition) is 2. The predicted octanol–water partition coefficient (Wildman–Crippen LogP) is 5.81. The highest BCUT2D eigenvalue weighted by Crippen LogP contribution is 2.48. The number of hydrogen-bond acceptors (Lipinski definition) is 6. The van der Waals surface area contributed by atoms with Gasteiger partial charge in [-0.25, -0.2) is 8.78 Å². The number of benzene rings is 4. The zero-order valence-corrected chi connectivity index (χ0v) is 26.0. The van der Waals surface area contributed by atoms with E-state index in [1.54, 1.807) is 48.5 Å². The summed E-state index contributed by atoms with van der Waals surface area (Å²) in [5, 5.41) is 20.1. The Bertz CT molecular complexity index is 1640. The average Bonchev–Trinajstić information content (AvgIpc) is 3.04. The lowest BCUT2D eigenvalue weighted by Crippen LogP contribution is -2.63. The first kappa shape index (κ1) is 33.6. The summed E-state index contributed by atoms with van der Waals surface area (Å²) < 4.78 is 37.7. The second kappa shape index (κ2) is 14.3. The number of carboxylic acid groups (broad SMARTS) is 2. The van der Waals surface area contributed by atoms with E-state index in [0.29, 0.717) is 34.1 Å². The van der Waals surface area contributed by atoms with Crippen LogP contribution in [-0.4, -0.2) is 57.9 Å². The van der Waals surface area contributed by atoms with Gasteiger partial charge in [0.1, 0.15) is 34.6 Å². The molecule has 2 N–H and O–H groups in total. The van der Waals surface area contributed by atoms with Gasteiger partial charge in [-0.2, -0.15) is 0 Å². The molecular formula is C36H32F2N2O8. The average molecular weight is 659 g/mol. The number of aliphatic carboxylic acids is 2. The van der Waals surface area contributed by atoms with Crippen LogP contribution in [0.3, 0.4) is 0 Å². The molecule has 4 aromatic carbocycles. The van der Waals surface area contributed by atoms with Gasteiger partial charge >= 0.3 is 11.9 Å². The van der Waals surface area contributed by atoms with Crippen molar-refractivity contribution < 1.29 is 47.6 Å². The van der Waals surface area contributed by atoms with E-state index in [0.717, 1.165) is 0 Å². The molecule has 1 aliphatic carbocycles. The van der Waals surface area contributed by atoms with Crippen molar-refractivity contribution in [2.45, 2.75) is 13.1 Å². The van der Waals surface area contributed by atoms with E-state index in [2.05, 4.69) is 0 Å². The summed E-state index contributed by atoms with van der Waals surface area (Å²) in [6.45, 7) is 0.0917. The molecule has 1 saturated carbocycles. The molecular weight excluding hydrogens is 626 g/mol. The van der Waals surface area contributed by atoms with Gasteiger partial charge in [0.2, 0.25) is 11.8 Å². The van der Waals surface area contributed by atoms with E-state index < -0.39 is 59.1 Å². The van der Waals surface area contributed by atoms with Crippen LogP contribution < -0.4 is 9.47 Å². The molecule has 2 amide bonds. The van der Waals surface area contributed by atoms with Crippen LogP contribution in [0.15, 0.2) is 97.1 Å². The first-order valence-electron chi connectivity index (χ1n) is 14.9. The van der Waals surface area contributed by atoms with E-state index in [1.165, 1.54) is 72.4 Å². The van der Waals surface area contributed by atoms with Crippen molar-refractivity contribution in [3.8, 4) is 23.0 Å². The molecule has 1 aliphatic rings. The molecule has 0 saturated heterocycles. The molecule has 0 radical (unpaired) electrons. The molecule has 0 spiro atoms. The van der Waals surface area contributed by atoms with Crippen LogP contribution in [0.25, 0.3) is 0 Å². The Morgan fingerprint density at radius 2 is 0.792 bits per heavy atom. The van der Waals surface area contributed by atoms with Gasteiger partial charge < -0.3 is 29.5 Å². The molecule has 0 unspecified atom stereocenters. The number of carboxylic acids is 2. The lowest BCUT2D eigenvalue weighted by Gasteiger charge is -2.47. The molecule has 0 bridgehead atoms. The Kier molecular flexibility index (Phi) is 10.0. The third kappa shape index (κ3) is 7.60. The molecule has 10 nitrogen and oxygen atoms in total. The van der Waals surface area contributed by atoms with E-state index in [-0.39, 0.29) is 13.1 Å². The quantitative estimate of drug-likeness (QED) is 0.195. The van der Waals surface area contributed by atoms with Gasteiger partial charge in [0.05, 0.1) is 23.7 Å². The number of nitrogens with zero attached hydrogens (tertiary/aromatic N) is 2. The molecule has 0 heterocycles. The SMILES string of the molecule is CN(Cc1ccc(Oc2ccc(F)cc2)cc1)C(=O)[C@H]1[C@H](C(=O)O)[C@H](C(=O)N(C)Cc2ccc(Oc3ccc(F)cc3)cc2)[C@H]1C(=O)O. The fraction of sp³-hybridized carbons (Fsp3) is 0.222. The zero-order valence-electron chi connectivity index (χ0n) is 26.0. The van der Waals surface area contributed by atoms with E-state index >= 15 is 0 Å². The van der Waals surface area contributed by atoms with Crippen molar-refractivity contribution >= 4 is 23.8 Å². The van der Waals surface area contributed by atoms with E-state index in [1.807, 2.05) is 0 Å². The predicted molar refractivity (Wildman–Crippen MR) is 168 cm³/mol. The fourth-order valence-corrected chi connectivity index (χ4v) is 5.79. The third-order valence-electron chi connectivity index (χ3n) is 8.23. The number of carbonyl (C=O) groups is 4.